The smallest absolute Gasteiger partial charge is 0.392 e. The van der Waals surface area contributed by atoms with Crippen LogP contribution >= 0.6 is 0 Å². The molecule has 28 heavy (non-hydrogen) atoms. The van der Waals surface area contributed by atoms with Gasteiger partial charge in [-0.05, 0) is 30.7 Å². The molecule has 0 spiro atoms. The molecule has 10 heteroatoms. The van der Waals surface area contributed by atoms with E-state index < -0.39 is 25.0 Å². The monoisotopic (exact) mass is 395 g/mol. The fourth-order valence-electron chi connectivity index (χ4n) is 2.45. The standard InChI is InChI=1S/C18H17F4N5O/c1-11-8-23-17(25-13-9-24-27(2)10-13)26-16(11)12-3-4-15(14(19)7-12)28-6-5-18(20,21)22/h3-4,7-10H,5-6H2,1-2H3,(H,23,25,26). The third-order valence-electron chi connectivity index (χ3n) is 3.78. The van der Waals surface area contributed by atoms with Gasteiger partial charge in [-0.3, -0.25) is 4.68 Å². The van der Waals surface area contributed by atoms with Gasteiger partial charge in [-0.25, -0.2) is 14.4 Å². The van der Waals surface area contributed by atoms with E-state index in [1.165, 1.54) is 18.2 Å². The minimum absolute atomic E-state index is 0.242. The molecule has 1 aromatic carbocycles. The number of benzene rings is 1. The summed E-state index contributed by atoms with van der Waals surface area (Å²) in [5, 5.41) is 7.04. The maximum absolute atomic E-state index is 14.3. The molecule has 148 valence electrons. The molecule has 0 saturated carbocycles. The van der Waals surface area contributed by atoms with Crippen molar-refractivity contribution in [3.63, 3.8) is 0 Å². The predicted molar refractivity (Wildman–Crippen MR) is 94.8 cm³/mol. The number of aryl methyl sites for hydroxylation is 2. The Morgan fingerprint density at radius 3 is 2.64 bits per heavy atom. The third-order valence-corrected chi connectivity index (χ3v) is 3.78. The van der Waals surface area contributed by atoms with E-state index in [1.54, 1.807) is 37.2 Å². The molecule has 0 bridgehead atoms. The zero-order valence-electron chi connectivity index (χ0n) is 15.1. The fourth-order valence-corrected chi connectivity index (χ4v) is 2.45. The van der Waals surface area contributed by atoms with Crippen molar-refractivity contribution in [2.24, 2.45) is 7.05 Å². The summed E-state index contributed by atoms with van der Waals surface area (Å²) in [5.74, 6) is -0.701. The molecular formula is C18H17F4N5O. The molecule has 2 aromatic heterocycles. The van der Waals surface area contributed by atoms with E-state index >= 15 is 0 Å². The van der Waals surface area contributed by atoms with Crippen LogP contribution in [0.15, 0.2) is 36.8 Å². The Morgan fingerprint density at radius 2 is 2.00 bits per heavy atom. The molecule has 0 aliphatic heterocycles. The van der Waals surface area contributed by atoms with Crippen molar-refractivity contribution in [2.45, 2.75) is 19.5 Å². The molecule has 0 saturated heterocycles. The first kappa shape index (κ1) is 19.6. The van der Waals surface area contributed by atoms with Crippen molar-refractivity contribution >= 4 is 11.6 Å². The number of hydrogen-bond acceptors (Lipinski definition) is 5. The summed E-state index contributed by atoms with van der Waals surface area (Å²) in [4.78, 5) is 8.59. The van der Waals surface area contributed by atoms with Gasteiger partial charge in [0.05, 0.1) is 30.6 Å². The molecule has 0 aliphatic carbocycles. The minimum Gasteiger partial charge on any atom is -0.490 e. The van der Waals surface area contributed by atoms with E-state index in [4.69, 9.17) is 4.74 Å². The van der Waals surface area contributed by atoms with Crippen molar-refractivity contribution in [3.05, 3.63) is 48.2 Å². The van der Waals surface area contributed by atoms with Crippen molar-refractivity contribution in [3.8, 4) is 17.0 Å². The lowest BCUT2D eigenvalue weighted by Gasteiger charge is -2.11. The summed E-state index contributed by atoms with van der Waals surface area (Å²) in [6.45, 7) is 1.13. The lowest BCUT2D eigenvalue weighted by Crippen LogP contribution is -2.13. The fraction of sp³-hybridized carbons (Fsp3) is 0.278. The van der Waals surface area contributed by atoms with Gasteiger partial charge in [0.15, 0.2) is 11.6 Å². The average Bonchev–Trinajstić information content (AvgIpc) is 3.02. The number of aromatic nitrogens is 4. The van der Waals surface area contributed by atoms with Crippen LogP contribution in [-0.4, -0.2) is 32.5 Å². The zero-order chi connectivity index (χ0) is 20.3. The Bertz CT molecular complexity index is 971. The van der Waals surface area contributed by atoms with Crippen LogP contribution in [0.3, 0.4) is 0 Å². The Balaban J connectivity index is 1.78. The minimum atomic E-state index is -4.35. The normalized spacial score (nSPS) is 11.5. The molecular weight excluding hydrogens is 378 g/mol. The lowest BCUT2D eigenvalue weighted by molar-refractivity contribution is -0.139. The first-order chi connectivity index (χ1) is 13.2. The number of halogens is 4. The molecule has 0 aliphatic rings. The Labute approximate surface area is 158 Å². The maximum Gasteiger partial charge on any atom is 0.392 e. The van der Waals surface area contributed by atoms with E-state index in [9.17, 15) is 17.6 Å². The zero-order valence-corrected chi connectivity index (χ0v) is 15.1. The van der Waals surface area contributed by atoms with Crippen molar-refractivity contribution in [1.29, 1.82) is 0 Å². The van der Waals surface area contributed by atoms with Crippen LogP contribution in [0, 0.1) is 12.7 Å². The van der Waals surface area contributed by atoms with Gasteiger partial charge < -0.3 is 10.1 Å². The maximum atomic E-state index is 14.3. The summed E-state index contributed by atoms with van der Waals surface area (Å²) in [6, 6.07) is 4.00. The van der Waals surface area contributed by atoms with E-state index in [-0.39, 0.29) is 5.75 Å². The van der Waals surface area contributed by atoms with Gasteiger partial charge >= 0.3 is 6.18 Å². The summed E-state index contributed by atoms with van der Waals surface area (Å²) in [6.07, 6.45) is -0.563. The number of alkyl halides is 3. The van der Waals surface area contributed by atoms with Gasteiger partial charge in [0.1, 0.15) is 0 Å². The van der Waals surface area contributed by atoms with Gasteiger partial charge in [-0.2, -0.15) is 18.3 Å². The van der Waals surface area contributed by atoms with E-state index in [0.717, 1.165) is 0 Å². The number of hydrogen-bond donors (Lipinski definition) is 1. The van der Waals surface area contributed by atoms with Gasteiger partial charge in [0, 0.05) is 25.0 Å². The SMILES string of the molecule is Cc1cnc(Nc2cnn(C)c2)nc1-c1ccc(OCCC(F)(F)F)c(F)c1. The topological polar surface area (TPSA) is 64.9 Å². The molecule has 1 N–H and O–H groups in total. The van der Waals surface area contributed by atoms with Crippen LogP contribution in [0.4, 0.5) is 29.2 Å². The highest BCUT2D eigenvalue weighted by Gasteiger charge is 2.27. The molecule has 0 atom stereocenters. The first-order valence-electron chi connectivity index (χ1n) is 8.30. The average molecular weight is 395 g/mol. The Morgan fingerprint density at radius 1 is 1.21 bits per heavy atom. The molecule has 3 rings (SSSR count). The second-order valence-corrected chi connectivity index (χ2v) is 6.11. The molecule has 0 amide bonds. The Kier molecular flexibility index (Phi) is 5.48. The van der Waals surface area contributed by atoms with Crippen LogP contribution < -0.4 is 10.1 Å². The second kappa shape index (κ2) is 7.83. The van der Waals surface area contributed by atoms with E-state index in [0.29, 0.717) is 28.5 Å². The highest BCUT2D eigenvalue weighted by Crippen LogP contribution is 2.28. The number of rotatable bonds is 6. The second-order valence-electron chi connectivity index (χ2n) is 6.11. The molecule has 2 heterocycles. The quantitative estimate of drug-likeness (QED) is 0.627. The molecule has 6 nitrogen and oxygen atoms in total. The number of ether oxygens (including phenoxy) is 1. The number of nitrogens with one attached hydrogen (secondary N) is 1. The van der Waals surface area contributed by atoms with Crippen molar-refractivity contribution < 1.29 is 22.3 Å². The number of anilines is 2. The molecule has 3 aromatic rings. The van der Waals surface area contributed by atoms with Crippen LogP contribution in [0.1, 0.15) is 12.0 Å². The first-order valence-corrected chi connectivity index (χ1v) is 8.30. The lowest BCUT2D eigenvalue weighted by atomic mass is 10.1. The molecule has 0 unspecified atom stereocenters. The summed E-state index contributed by atoms with van der Waals surface area (Å²) in [7, 11) is 1.77. The third kappa shape index (κ3) is 4.96. The summed E-state index contributed by atoms with van der Waals surface area (Å²) in [5.41, 5.74) is 2.34. The summed E-state index contributed by atoms with van der Waals surface area (Å²) >= 11 is 0. The van der Waals surface area contributed by atoms with Crippen LogP contribution in [0.25, 0.3) is 11.3 Å². The van der Waals surface area contributed by atoms with Crippen LogP contribution in [0.2, 0.25) is 0 Å². The van der Waals surface area contributed by atoms with Gasteiger partial charge in [0.25, 0.3) is 0 Å². The van der Waals surface area contributed by atoms with E-state index in [1.807, 2.05) is 0 Å². The highest BCUT2D eigenvalue weighted by molar-refractivity contribution is 5.65. The molecule has 0 radical (unpaired) electrons. The Hall–Kier alpha value is -3.17. The van der Waals surface area contributed by atoms with Gasteiger partial charge in [0.2, 0.25) is 5.95 Å². The highest BCUT2D eigenvalue weighted by atomic mass is 19.4. The van der Waals surface area contributed by atoms with Crippen LogP contribution in [0.5, 0.6) is 5.75 Å². The summed E-state index contributed by atoms with van der Waals surface area (Å²) < 4.78 is 57.3. The number of nitrogens with zero attached hydrogens (tertiary/aromatic N) is 4. The van der Waals surface area contributed by atoms with Gasteiger partial charge in [-0.1, -0.05) is 0 Å². The van der Waals surface area contributed by atoms with Crippen molar-refractivity contribution in [2.75, 3.05) is 11.9 Å². The van der Waals surface area contributed by atoms with Gasteiger partial charge in [-0.15, -0.1) is 0 Å². The van der Waals surface area contributed by atoms with Crippen molar-refractivity contribution in [1.82, 2.24) is 19.7 Å². The largest absolute Gasteiger partial charge is 0.490 e. The molecule has 0 fully saturated rings. The predicted octanol–water partition coefficient (Wildman–Crippen LogP) is 4.40. The van der Waals surface area contributed by atoms with Crippen LogP contribution in [-0.2, 0) is 7.05 Å². The van der Waals surface area contributed by atoms with E-state index in [2.05, 4.69) is 20.4 Å².